The van der Waals surface area contributed by atoms with E-state index >= 15 is 0 Å². The van der Waals surface area contributed by atoms with Crippen LogP contribution in [0.15, 0.2) is 65.7 Å². The van der Waals surface area contributed by atoms with Crippen LogP contribution in [0.25, 0.3) is 0 Å². The highest BCUT2D eigenvalue weighted by atomic mass is 16.6. The smallest absolute Gasteiger partial charge is 0.331 e. The highest BCUT2D eigenvalue weighted by molar-refractivity contribution is 6.13. The summed E-state index contributed by atoms with van der Waals surface area (Å²) in [7, 11) is 0. The number of carbonyl (C=O) groups is 1. The average Bonchev–Trinajstić information content (AvgIpc) is 2.57. The summed E-state index contributed by atoms with van der Waals surface area (Å²) in [5, 5.41) is 10.3. The van der Waals surface area contributed by atoms with E-state index in [1.807, 2.05) is 81.4 Å². The number of rotatable bonds is 6. The standard InChI is InChI=1S/C23H29NO3/c1-22(2,3)27-21(25)19(16-23(4,5)26)24-20(17-12-8-6-9-13-17)18-14-10-7-11-15-18/h6-15,19,26H,16H2,1-5H3/t19-/m0/s1. The topological polar surface area (TPSA) is 58.9 Å². The van der Waals surface area contributed by atoms with Crippen molar-refractivity contribution in [2.45, 2.75) is 58.3 Å². The summed E-state index contributed by atoms with van der Waals surface area (Å²) >= 11 is 0. The average molecular weight is 367 g/mol. The first-order valence-corrected chi connectivity index (χ1v) is 9.19. The number of carbonyl (C=O) groups excluding carboxylic acids is 1. The van der Waals surface area contributed by atoms with E-state index in [4.69, 9.17) is 9.73 Å². The van der Waals surface area contributed by atoms with Gasteiger partial charge in [-0.05, 0) is 34.6 Å². The largest absolute Gasteiger partial charge is 0.458 e. The maximum absolute atomic E-state index is 12.8. The van der Waals surface area contributed by atoms with Gasteiger partial charge in [0.05, 0.1) is 11.3 Å². The van der Waals surface area contributed by atoms with Gasteiger partial charge < -0.3 is 9.84 Å². The fraction of sp³-hybridized carbons (Fsp3) is 0.391. The van der Waals surface area contributed by atoms with Crippen molar-refractivity contribution in [3.05, 3.63) is 71.8 Å². The second-order valence-electron chi connectivity index (χ2n) is 8.28. The van der Waals surface area contributed by atoms with Crippen LogP contribution in [0.4, 0.5) is 0 Å². The number of ether oxygens (including phenoxy) is 1. The van der Waals surface area contributed by atoms with E-state index in [0.717, 1.165) is 11.1 Å². The van der Waals surface area contributed by atoms with Gasteiger partial charge in [-0.15, -0.1) is 0 Å². The molecule has 0 fully saturated rings. The second-order valence-corrected chi connectivity index (χ2v) is 8.28. The van der Waals surface area contributed by atoms with Gasteiger partial charge in [0, 0.05) is 17.5 Å². The lowest BCUT2D eigenvalue weighted by atomic mass is 9.97. The van der Waals surface area contributed by atoms with Gasteiger partial charge >= 0.3 is 5.97 Å². The predicted molar refractivity (Wildman–Crippen MR) is 109 cm³/mol. The summed E-state index contributed by atoms with van der Waals surface area (Å²) in [5.74, 6) is -0.436. The molecule has 4 heteroatoms. The Kier molecular flexibility index (Phi) is 6.55. The van der Waals surface area contributed by atoms with Crippen LogP contribution < -0.4 is 0 Å². The predicted octanol–water partition coefficient (Wildman–Crippen LogP) is 4.40. The zero-order valence-corrected chi connectivity index (χ0v) is 16.8. The van der Waals surface area contributed by atoms with E-state index < -0.39 is 23.2 Å². The van der Waals surface area contributed by atoms with Crippen LogP contribution in [0.1, 0.15) is 52.2 Å². The molecule has 0 saturated carbocycles. The fourth-order valence-electron chi connectivity index (χ4n) is 2.69. The first-order valence-electron chi connectivity index (χ1n) is 9.19. The molecule has 0 aliphatic heterocycles. The van der Waals surface area contributed by atoms with Crippen molar-refractivity contribution in [1.82, 2.24) is 0 Å². The van der Waals surface area contributed by atoms with Crippen molar-refractivity contribution in [3.63, 3.8) is 0 Å². The van der Waals surface area contributed by atoms with E-state index in [9.17, 15) is 9.90 Å². The van der Waals surface area contributed by atoms with Crippen molar-refractivity contribution in [2.75, 3.05) is 0 Å². The first-order chi connectivity index (χ1) is 12.6. The summed E-state index contributed by atoms with van der Waals surface area (Å²) in [4.78, 5) is 17.6. The van der Waals surface area contributed by atoms with Crippen LogP contribution in [0.3, 0.4) is 0 Å². The minimum Gasteiger partial charge on any atom is -0.458 e. The van der Waals surface area contributed by atoms with Gasteiger partial charge in [-0.25, -0.2) is 4.79 Å². The molecular formula is C23H29NO3. The highest BCUT2D eigenvalue weighted by Gasteiger charge is 2.30. The third kappa shape index (κ3) is 6.99. The van der Waals surface area contributed by atoms with Gasteiger partial charge in [-0.1, -0.05) is 60.7 Å². The van der Waals surface area contributed by atoms with Crippen molar-refractivity contribution in [2.24, 2.45) is 4.99 Å². The van der Waals surface area contributed by atoms with Crippen LogP contribution in [0.2, 0.25) is 0 Å². The summed E-state index contributed by atoms with van der Waals surface area (Å²) < 4.78 is 5.56. The molecule has 0 unspecified atom stereocenters. The Bertz CT molecular complexity index is 727. The normalized spacial score (nSPS) is 13.0. The van der Waals surface area contributed by atoms with E-state index in [-0.39, 0.29) is 6.42 Å². The lowest BCUT2D eigenvalue weighted by Gasteiger charge is -2.26. The molecule has 4 nitrogen and oxygen atoms in total. The van der Waals surface area contributed by atoms with Crippen LogP contribution in [0, 0.1) is 0 Å². The second kappa shape index (κ2) is 8.49. The summed E-state index contributed by atoms with van der Waals surface area (Å²) in [6, 6.07) is 18.7. The van der Waals surface area contributed by atoms with Crippen LogP contribution in [-0.4, -0.2) is 34.0 Å². The van der Waals surface area contributed by atoms with E-state index in [1.165, 1.54) is 0 Å². The molecule has 2 rings (SSSR count). The van der Waals surface area contributed by atoms with Crippen molar-refractivity contribution >= 4 is 11.7 Å². The van der Waals surface area contributed by atoms with Gasteiger partial charge in [-0.2, -0.15) is 0 Å². The number of hydrogen-bond donors (Lipinski definition) is 1. The van der Waals surface area contributed by atoms with Crippen LogP contribution in [0.5, 0.6) is 0 Å². The summed E-state index contributed by atoms with van der Waals surface area (Å²) in [5.41, 5.74) is 0.852. The molecule has 0 aliphatic rings. The monoisotopic (exact) mass is 367 g/mol. The fourth-order valence-corrected chi connectivity index (χ4v) is 2.69. The number of nitrogens with zero attached hydrogens (tertiary/aromatic N) is 1. The SMILES string of the molecule is CC(C)(O)C[C@H](N=C(c1ccccc1)c1ccccc1)C(=O)OC(C)(C)C. The zero-order valence-electron chi connectivity index (χ0n) is 16.8. The molecule has 27 heavy (non-hydrogen) atoms. The number of aliphatic hydroxyl groups is 1. The highest BCUT2D eigenvalue weighted by Crippen LogP contribution is 2.21. The van der Waals surface area contributed by atoms with Gasteiger partial charge in [0.15, 0.2) is 6.04 Å². The Morgan fingerprint density at radius 1 is 0.926 bits per heavy atom. The molecule has 0 aromatic heterocycles. The third-order valence-electron chi connectivity index (χ3n) is 3.75. The molecule has 0 saturated heterocycles. The molecule has 0 radical (unpaired) electrons. The molecular weight excluding hydrogens is 338 g/mol. The molecule has 0 aliphatic carbocycles. The molecule has 0 amide bonds. The van der Waals surface area contributed by atoms with E-state index in [1.54, 1.807) is 13.8 Å². The Labute approximate surface area is 161 Å². The van der Waals surface area contributed by atoms with Gasteiger partial charge in [0.1, 0.15) is 5.60 Å². The third-order valence-corrected chi connectivity index (χ3v) is 3.75. The van der Waals surface area contributed by atoms with Crippen molar-refractivity contribution in [1.29, 1.82) is 0 Å². The molecule has 144 valence electrons. The minimum atomic E-state index is -1.05. The maximum Gasteiger partial charge on any atom is 0.331 e. The molecule has 1 atom stereocenters. The Morgan fingerprint density at radius 2 is 1.37 bits per heavy atom. The lowest BCUT2D eigenvalue weighted by Crippen LogP contribution is -2.36. The summed E-state index contributed by atoms with van der Waals surface area (Å²) in [6.07, 6.45) is 0.172. The molecule has 0 bridgehead atoms. The van der Waals surface area contributed by atoms with Gasteiger partial charge in [-0.3, -0.25) is 4.99 Å². The Hall–Kier alpha value is -2.46. The lowest BCUT2D eigenvalue weighted by molar-refractivity contribution is -0.157. The Morgan fingerprint density at radius 3 is 1.74 bits per heavy atom. The van der Waals surface area contributed by atoms with Gasteiger partial charge in [0.25, 0.3) is 0 Å². The zero-order chi connectivity index (χ0) is 20.1. The molecule has 2 aromatic carbocycles. The van der Waals surface area contributed by atoms with Gasteiger partial charge in [0.2, 0.25) is 0 Å². The van der Waals surface area contributed by atoms with Crippen LogP contribution >= 0.6 is 0 Å². The van der Waals surface area contributed by atoms with Crippen molar-refractivity contribution < 1.29 is 14.6 Å². The van der Waals surface area contributed by atoms with Crippen LogP contribution in [-0.2, 0) is 9.53 Å². The minimum absolute atomic E-state index is 0.172. The number of hydrogen-bond acceptors (Lipinski definition) is 4. The van der Waals surface area contributed by atoms with Crippen molar-refractivity contribution in [3.8, 4) is 0 Å². The Balaban J connectivity index is 2.51. The molecule has 0 heterocycles. The molecule has 1 N–H and O–H groups in total. The molecule has 0 spiro atoms. The quantitative estimate of drug-likeness (QED) is 0.608. The molecule has 2 aromatic rings. The number of aliphatic imine (C=N–C) groups is 1. The number of benzene rings is 2. The maximum atomic E-state index is 12.8. The van der Waals surface area contributed by atoms with E-state index in [2.05, 4.69) is 0 Å². The summed E-state index contributed by atoms with van der Waals surface area (Å²) in [6.45, 7) is 8.82. The first kappa shape index (κ1) is 20.8. The van der Waals surface area contributed by atoms with E-state index in [0.29, 0.717) is 5.71 Å². The number of esters is 1.